The maximum Gasteiger partial charge on any atom is 0.302 e. The van der Waals surface area contributed by atoms with E-state index < -0.39 is 10.1 Å². The molecule has 10 heteroatoms. The second kappa shape index (κ2) is 32.7. The summed E-state index contributed by atoms with van der Waals surface area (Å²) in [4.78, 5) is 28.6. The Bertz CT molecular complexity index is 841. The van der Waals surface area contributed by atoms with Gasteiger partial charge in [-0.1, -0.05) is 129 Å². The fourth-order valence-electron chi connectivity index (χ4n) is 6.59. The molecule has 0 radical (unpaired) electrons. The van der Waals surface area contributed by atoms with Crippen molar-refractivity contribution in [3.8, 4) is 0 Å². The molecule has 9 nitrogen and oxygen atoms in total. The Morgan fingerprint density at radius 3 is 1.24 bits per heavy atom. The Balaban J connectivity index is 5.12. The van der Waals surface area contributed by atoms with E-state index in [1.54, 1.807) is 0 Å². The van der Waals surface area contributed by atoms with Crippen LogP contribution in [0.1, 0.15) is 182 Å². The first kappa shape index (κ1) is 47.8. The minimum atomic E-state index is -3.96. The van der Waals surface area contributed by atoms with Crippen LogP contribution in [-0.4, -0.2) is 92.4 Å². The number of esters is 2. The minimum absolute atomic E-state index is 0.214. The fraction of sp³-hybridized carbons (Fsp3) is 0.949. The highest BCUT2D eigenvalue weighted by Crippen LogP contribution is 2.17. The molecule has 0 aromatic carbocycles. The van der Waals surface area contributed by atoms with Gasteiger partial charge in [0.2, 0.25) is 0 Å². The van der Waals surface area contributed by atoms with E-state index in [9.17, 15) is 18.0 Å². The van der Waals surface area contributed by atoms with Gasteiger partial charge in [0, 0.05) is 26.9 Å². The van der Waals surface area contributed by atoms with Crippen molar-refractivity contribution in [1.82, 2.24) is 9.80 Å². The lowest BCUT2D eigenvalue weighted by molar-refractivity contribution is -0.149. The van der Waals surface area contributed by atoms with Crippen LogP contribution < -0.4 is 0 Å². The molecule has 0 spiro atoms. The maximum atomic E-state index is 12.1. The van der Waals surface area contributed by atoms with Crippen LogP contribution in [0.25, 0.3) is 0 Å². The van der Waals surface area contributed by atoms with Gasteiger partial charge in [-0.05, 0) is 65.2 Å². The first-order valence-corrected chi connectivity index (χ1v) is 21.8. The Morgan fingerprint density at radius 2 is 0.898 bits per heavy atom. The molecule has 0 amide bonds. The van der Waals surface area contributed by atoms with Crippen LogP contribution in [0, 0.1) is 0 Å². The average Bonchev–Trinajstić information content (AvgIpc) is 3.01. The van der Waals surface area contributed by atoms with Gasteiger partial charge < -0.3 is 14.4 Å². The Labute approximate surface area is 302 Å². The van der Waals surface area contributed by atoms with Gasteiger partial charge in [-0.3, -0.25) is 19.0 Å². The third-order valence-electron chi connectivity index (χ3n) is 9.30. The highest BCUT2D eigenvalue weighted by molar-refractivity contribution is 7.85. The summed E-state index contributed by atoms with van der Waals surface area (Å²) in [6.07, 6.45) is 27.5. The van der Waals surface area contributed by atoms with Gasteiger partial charge in [-0.2, -0.15) is 8.42 Å². The van der Waals surface area contributed by atoms with Crippen molar-refractivity contribution in [3.63, 3.8) is 0 Å². The molecule has 0 saturated heterocycles. The third-order valence-corrected chi connectivity index (χ3v) is 10.1. The molecule has 1 N–H and O–H groups in total. The quantitative estimate of drug-likeness (QED) is 0.0385. The zero-order valence-corrected chi connectivity index (χ0v) is 33.4. The SMILES string of the molecule is CCCCCCCCCCCCC(CN(CCCN(C)CCCS(=O)(=O)O)CC(CCCCCCCCCCCC)OC(C)=O)OC(C)=O. The highest BCUT2D eigenvalue weighted by Gasteiger charge is 2.22. The van der Waals surface area contributed by atoms with Crippen LogP contribution >= 0.6 is 0 Å². The van der Waals surface area contributed by atoms with Crippen molar-refractivity contribution in [2.75, 3.05) is 45.5 Å². The summed E-state index contributed by atoms with van der Waals surface area (Å²) in [7, 11) is -2.00. The van der Waals surface area contributed by atoms with Gasteiger partial charge in [0.15, 0.2) is 0 Å². The molecule has 0 aromatic rings. The molecule has 0 aliphatic heterocycles. The van der Waals surface area contributed by atoms with Gasteiger partial charge in [-0.25, -0.2) is 0 Å². The highest BCUT2D eigenvalue weighted by atomic mass is 32.2. The van der Waals surface area contributed by atoms with E-state index in [4.69, 9.17) is 14.0 Å². The largest absolute Gasteiger partial charge is 0.461 e. The molecule has 0 rings (SSSR count). The summed E-state index contributed by atoms with van der Waals surface area (Å²) < 4.78 is 42.9. The molecule has 0 aliphatic rings. The molecule has 0 saturated carbocycles. The first-order chi connectivity index (χ1) is 23.5. The van der Waals surface area contributed by atoms with Crippen molar-refractivity contribution < 1.29 is 32.0 Å². The van der Waals surface area contributed by atoms with E-state index in [0.29, 0.717) is 26.1 Å². The van der Waals surface area contributed by atoms with E-state index in [2.05, 4.69) is 23.6 Å². The fourth-order valence-corrected chi connectivity index (χ4v) is 7.08. The second-order valence-corrected chi connectivity index (χ2v) is 16.0. The van der Waals surface area contributed by atoms with Crippen molar-refractivity contribution in [1.29, 1.82) is 0 Å². The normalized spacial score (nSPS) is 13.2. The maximum absolute atomic E-state index is 12.1. The van der Waals surface area contributed by atoms with Gasteiger partial charge in [0.05, 0.1) is 5.75 Å². The van der Waals surface area contributed by atoms with Crippen LogP contribution in [0.2, 0.25) is 0 Å². The minimum Gasteiger partial charge on any atom is -0.461 e. The van der Waals surface area contributed by atoms with Gasteiger partial charge >= 0.3 is 11.9 Å². The smallest absolute Gasteiger partial charge is 0.302 e. The van der Waals surface area contributed by atoms with Crippen LogP contribution in [0.5, 0.6) is 0 Å². The molecule has 0 aliphatic carbocycles. The second-order valence-electron chi connectivity index (χ2n) is 14.5. The molecule has 2 atom stereocenters. The Hall–Kier alpha value is -1.23. The summed E-state index contributed by atoms with van der Waals surface area (Å²) in [5.74, 6) is -0.773. The summed E-state index contributed by atoms with van der Waals surface area (Å²) in [6.45, 7) is 10.7. The number of carbonyl (C=O) groups excluding carboxylic acids is 2. The molecule has 2 unspecified atom stereocenters. The summed E-state index contributed by atoms with van der Waals surface area (Å²) in [6, 6.07) is 0. The average molecular weight is 719 g/mol. The number of hydrogen-bond acceptors (Lipinski definition) is 8. The molecule has 49 heavy (non-hydrogen) atoms. The third kappa shape index (κ3) is 35.0. The standard InChI is InChI=1S/C39H78N2O7S/c1-6-8-10-12-14-16-18-20-22-24-28-38(47-36(3)42)34-41(32-26-30-40(5)31-27-33-49(44,45)46)35-39(48-37(4)43)29-25-23-21-19-17-15-13-11-9-7-2/h38-39H,6-35H2,1-5H3,(H,44,45,46). The topological polar surface area (TPSA) is 113 Å². The first-order valence-electron chi connectivity index (χ1n) is 20.2. The number of rotatable bonds is 36. The lowest BCUT2D eigenvalue weighted by atomic mass is 10.0. The summed E-state index contributed by atoms with van der Waals surface area (Å²) in [5, 5.41) is 0. The number of ether oxygens (including phenoxy) is 2. The molecular formula is C39H78N2O7S. The number of unbranched alkanes of at least 4 members (excludes halogenated alkanes) is 18. The van der Waals surface area contributed by atoms with Crippen LogP contribution in [0.3, 0.4) is 0 Å². The Morgan fingerprint density at radius 1 is 0.551 bits per heavy atom. The van der Waals surface area contributed by atoms with Crippen LogP contribution in [0.4, 0.5) is 0 Å². The van der Waals surface area contributed by atoms with E-state index >= 15 is 0 Å². The van der Waals surface area contributed by atoms with E-state index in [0.717, 1.165) is 58.0 Å². The van der Waals surface area contributed by atoms with Crippen molar-refractivity contribution in [2.45, 2.75) is 194 Å². The number of nitrogens with zero attached hydrogens (tertiary/aromatic N) is 2. The lowest BCUT2D eigenvalue weighted by Crippen LogP contribution is -2.42. The van der Waals surface area contributed by atoms with Crippen LogP contribution in [-0.2, 0) is 29.2 Å². The molecule has 0 bridgehead atoms. The van der Waals surface area contributed by atoms with Gasteiger partial charge in [-0.15, -0.1) is 0 Å². The van der Waals surface area contributed by atoms with Gasteiger partial charge in [0.25, 0.3) is 10.1 Å². The zero-order valence-electron chi connectivity index (χ0n) is 32.6. The van der Waals surface area contributed by atoms with Crippen LogP contribution in [0.15, 0.2) is 0 Å². The lowest BCUT2D eigenvalue weighted by Gasteiger charge is -2.31. The van der Waals surface area contributed by atoms with E-state index in [1.807, 2.05) is 7.05 Å². The van der Waals surface area contributed by atoms with E-state index in [1.165, 1.54) is 117 Å². The van der Waals surface area contributed by atoms with Crippen molar-refractivity contribution in [2.24, 2.45) is 0 Å². The summed E-state index contributed by atoms with van der Waals surface area (Å²) >= 11 is 0. The zero-order chi connectivity index (χ0) is 36.6. The van der Waals surface area contributed by atoms with E-state index in [-0.39, 0.29) is 29.9 Å². The molecule has 0 fully saturated rings. The predicted octanol–water partition coefficient (Wildman–Crippen LogP) is 9.37. The number of carbonyl (C=O) groups is 2. The molecular weight excluding hydrogens is 641 g/mol. The van der Waals surface area contributed by atoms with Gasteiger partial charge in [0.1, 0.15) is 12.2 Å². The molecule has 0 heterocycles. The van der Waals surface area contributed by atoms with Crippen molar-refractivity contribution in [3.05, 3.63) is 0 Å². The summed E-state index contributed by atoms with van der Waals surface area (Å²) in [5.41, 5.74) is 0. The monoisotopic (exact) mass is 719 g/mol. The predicted molar refractivity (Wildman–Crippen MR) is 204 cm³/mol. The Kier molecular flexibility index (Phi) is 31.8. The molecule has 0 aromatic heterocycles. The molecule has 292 valence electrons. The van der Waals surface area contributed by atoms with Crippen molar-refractivity contribution >= 4 is 22.1 Å². The number of hydrogen-bond donors (Lipinski definition) is 1.